The third kappa shape index (κ3) is 3.43. The minimum Gasteiger partial charge on any atom is -0.0682 e. The highest BCUT2D eigenvalue weighted by Crippen LogP contribution is 2.58. The van der Waals surface area contributed by atoms with E-state index < -0.39 is 0 Å². The summed E-state index contributed by atoms with van der Waals surface area (Å²) in [5.41, 5.74) is 0. The summed E-state index contributed by atoms with van der Waals surface area (Å²) >= 11 is 0. The van der Waals surface area contributed by atoms with Crippen molar-refractivity contribution in [1.29, 1.82) is 0 Å². The van der Waals surface area contributed by atoms with Gasteiger partial charge in [0.15, 0.2) is 0 Å². The Morgan fingerprint density at radius 2 is 1.39 bits per heavy atom. The third-order valence-electron chi connectivity index (χ3n) is 8.38. The fraction of sp³-hybridized carbons (Fsp3) is 1.00. The lowest BCUT2D eigenvalue weighted by atomic mass is 9.32. The lowest BCUT2D eigenvalue weighted by molar-refractivity contribution is 0.242. The molecule has 4 saturated heterocycles. The van der Waals surface area contributed by atoms with Gasteiger partial charge in [0.05, 0.1) is 0 Å². The highest BCUT2D eigenvalue weighted by Gasteiger charge is 2.44. The van der Waals surface area contributed by atoms with Crippen LogP contribution in [0.5, 0.6) is 0 Å². The molecule has 0 aromatic carbocycles. The van der Waals surface area contributed by atoms with E-state index in [2.05, 4.69) is 21.5 Å². The number of hydrogen-bond donors (Lipinski definition) is 0. The number of rotatable bonds is 5. The van der Waals surface area contributed by atoms with E-state index in [1.165, 1.54) is 96.3 Å². The summed E-state index contributed by atoms with van der Waals surface area (Å²) in [4.78, 5) is 0. The van der Waals surface area contributed by atoms with Crippen molar-refractivity contribution in [2.24, 2.45) is 5.92 Å². The Kier molecular flexibility index (Phi) is 4.90. The second-order valence-electron chi connectivity index (χ2n) is 9.81. The summed E-state index contributed by atoms with van der Waals surface area (Å²) < 4.78 is 0. The van der Waals surface area contributed by atoms with Gasteiger partial charge in [-0.15, -0.1) is 0 Å². The van der Waals surface area contributed by atoms with E-state index >= 15 is 0 Å². The Morgan fingerprint density at radius 1 is 0.826 bits per heavy atom. The molecule has 126 valence electrons. The highest BCUT2D eigenvalue weighted by molar-refractivity contribution is 6.43. The maximum atomic E-state index is 2.84. The normalized spacial score (nSPS) is 44.0. The second kappa shape index (κ2) is 6.80. The van der Waals surface area contributed by atoms with Gasteiger partial charge in [0, 0.05) is 0 Å². The molecule has 0 N–H and O–H groups in total. The molecule has 4 rings (SSSR count). The van der Waals surface area contributed by atoms with Crippen LogP contribution in [0.1, 0.15) is 103 Å². The highest BCUT2D eigenvalue weighted by atomic mass is 14.4. The van der Waals surface area contributed by atoms with Crippen LogP contribution < -0.4 is 0 Å². The molecule has 2 radical (unpaired) electrons. The molecular weight excluding hydrogens is 274 g/mol. The van der Waals surface area contributed by atoms with Crippen molar-refractivity contribution in [2.45, 2.75) is 125 Å². The lowest BCUT2D eigenvalue weighted by Crippen LogP contribution is -2.37. The predicted molar refractivity (Wildman–Crippen MR) is 103 cm³/mol. The molecule has 2 heteroatoms. The summed E-state index contributed by atoms with van der Waals surface area (Å²) in [6, 6.07) is 0. The van der Waals surface area contributed by atoms with Gasteiger partial charge >= 0.3 is 0 Å². The quantitative estimate of drug-likeness (QED) is 0.488. The average molecular weight is 310 g/mol. The molecule has 4 heterocycles. The van der Waals surface area contributed by atoms with Gasteiger partial charge in [-0.2, -0.15) is 0 Å². The summed E-state index contributed by atoms with van der Waals surface area (Å²) in [6.45, 7) is 2.59. The van der Waals surface area contributed by atoms with Crippen molar-refractivity contribution in [3.05, 3.63) is 0 Å². The molecule has 0 spiro atoms. The van der Waals surface area contributed by atoms with Gasteiger partial charge in [-0.25, -0.2) is 0 Å². The molecule has 1 unspecified atom stereocenters. The molecule has 0 aromatic heterocycles. The first-order valence-corrected chi connectivity index (χ1v) is 10.9. The van der Waals surface area contributed by atoms with E-state index in [9.17, 15) is 0 Å². The van der Waals surface area contributed by atoms with Crippen LogP contribution in [0, 0.1) is 5.92 Å². The molecule has 1 atom stereocenters. The van der Waals surface area contributed by atoms with Gasteiger partial charge in [0.25, 0.3) is 0 Å². The van der Waals surface area contributed by atoms with Crippen molar-refractivity contribution in [3.8, 4) is 0 Å². The van der Waals surface area contributed by atoms with Crippen molar-refractivity contribution in [3.63, 3.8) is 0 Å². The summed E-state index contributed by atoms with van der Waals surface area (Å²) in [5.74, 6) is 2.90. The van der Waals surface area contributed by atoms with Crippen LogP contribution in [-0.4, -0.2) is 14.6 Å². The van der Waals surface area contributed by atoms with Crippen LogP contribution in [0.2, 0.25) is 22.3 Å². The molecule has 4 aliphatic heterocycles. The summed E-state index contributed by atoms with van der Waals surface area (Å²) in [7, 11) is 5.67. The molecule has 0 nitrogen and oxygen atoms in total. The Morgan fingerprint density at radius 3 is 2.04 bits per heavy atom. The second-order valence-corrected chi connectivity index (χ2v) is 9.81. The SMILES string of the molecule is CC(CCCC12[B]C(CCC1)CCC2)C12[B]C(CCC1)CCC2. The van der Waals surface area contributed by atoms with Crippen molar-refractivity contribution in [1.82, 2.24) is 0 Å². The fourth-order valence-electron chi connectivity index (χ4n) is 7.03. The van der Waals surface area contributed by atoms with Crippen LogP contribution >= 0.6 is 0 Å². The van der Waals surface area contributed by atoms with Crippen LogP contribution in [0.4, 0.5) is 0 Å². The predicted octanol–water partition coefficient (Wildman–Crippen LogP) is 6.83. The first-order valence-electron chi connectivity index (χ1n) is 10.9. The Bertz CT molecular complexity index is 385. The number of fused-ring (bicyclic) bond motifs is 4. The zero-order valence-corrected chi connectivity index (χ0v) is 15.5. The van der Waals surface area contributed by atoms with Gasteiger partial charge in [0.1, 0.15) is 14.6 Å². The topological polar surface area (TPSA) is 0 Å². The molecule has 0 amide bonds. The monoisotopic (exact) mass is 310 g/mol. The molecular formula is C21H36B2. The third-order valence-corrected chi connectivity index (χ3v) is 8.38. The minimum absolute atomic E-state index is 0.643. The maximum absolute atomic E-state index is 2.84. The maximum Gasteiger partial charge on any atom is 0.122 e. The van der Waals surface area contributed by atoms with Gasteiger partial charge in [-0.3, -0.25) is 0 Å². The lowest BCUT2D eigenvalue weighted by Gasteiger charge is -2.49. The molecule has 0 aromatic rings. The van der Waals surface area contributed by atoms with E-state index in [0.717, 1.165) is 17.6 Å². The zero-order valence-electron chi connectivity index (χ0n) is 15.5. The first-order chi connectivity index (χ1) is 11.2. The largest absolute Gasteiger partial charge is 0.122 e. The van der Waals surface area contributed by atoms with Crippen molar-refractivity contribution in [2.75, 3.05) is 0 Å². The summed E-state index contributed by atoms with van der Waals surface area (Å²) in [6.07, 6.45) is 22.5. The Hall–Kier alpha value is 0.130. The molecule has 4 aliphatic rings. The molecule has 0 saturated carbocycles. The van der Waals surface area contributed by atoms with E-state index in [4.69, 9.17) is 0 Å². The summed E-state index contributed by atoms with van der Waals surface area (Å²) in [5, 5.41) is 1.31. The van der Waals surface area contributed by atoms with Crippen LogP contribution in [0.25, 0.3) is 0 Å². The fourth-order valence-corrected chi connectivity index (χ4v) is 7.03. The minimum atomic E-state index is 0.643. The van der Waals surface area contributed by atoms with Crippen LogP contribution in [0.15, 0.2) is 0 Å². The molecule has 4 fully saturated rings. The smallest absolute Gasteiger partial charge is 0.0682 e. The zero-order chi connectivity index (χ0) is 15.8. The van der Waals surface area contributed by atoms with Gasteiger partial charge < -0.3 is 0 Å². The standard InChI is InChI=1S/C21H36B2/c1-17(21-15-5-10-19(23-21)11-6-16-21)7-2-12-20-13-3-8-18(22-20)9-4-14-20/h17-19H,2-16H2,1H3. The first kappa shape index (κ1) is 16.6. The van der Waals surface area contributed by atoms with E-state index in [-0.39, 0.29) is 0 Å². The molecule has 23 heavy (non-hydrogen) atoms. The molecule has 4 bridgehead atoms. The number of hydrogen-bond acceptors (Lipinski definition) is 0. The van der Waals surface area contributed by atoms with E-state index in [0.29, 0.717) is 10.6 Å². The van der Waals surface area contributed by atoms with Crippen molar-refractivity contribution < 1.29 is 0 Å². The van der Waals surface area contributed by atoms with Crippen LogP contribution in [-0.2, 0) is 0 Å². The van der Waals surface area contributed by atoms with Crippen LogP contribution in [0.3, 0.4) is 0 Å². The van der Waals surface area contributed by atoms with E-state index in [1.807, 2.05) is 0 Å². The Labute approximate surface area is 146 Å². The van der Waals surface area contributed by atoms with Gasteiger partial charge in [-0.1, -0.05) is 125 Å². The van der Waals surface area contributed by atoms with Gasteiger partial charge in [0.2, 0.25) is 0 Å². The Balaban J connectivity index is 1.30. The van der Waals surface area contributed by atoms with Crippen molar-refractivity contribution >= 4 is 14.6 Å². The molecule has 0 aliphatic carbocycles. The van der Waals surface area contributed by atoms with E-state index in [1.54, 1.807) is 0 Å². The van der Waals surface area contributed by atoms with Gasteiger partial charge in [-0.05, 0) is 5.92 Å². The average Bonchev–Trinajstić information content (AvgIpc) is 2.55.